The molecule has 4 rings (SSSR count). The van der Waals surface area contributed by atoms with Crippen LogP contribution in [-0.4, -0.2) is 56.2 Å². The third-order valence-electron chi connectivity index (χ3n) is 5.29. The molecule has 1 N–H and O–H groups in total. The summed E-state index contributed by atoms with van der Waals surface area (Å²) in [7, 11) is 1.69. The smallest absolute Gasteiger partial charge is 0.426 e. The lowest BCUT2D eigenvalue weighted by atomic mass is 9.92. The molecule has 2 aliphatic heterocycles. The second-order valence-electron chi connectivity index (χ2n) is 7.17. The van der Waals surface area contributed by atoms with Crippen LogP contribution >= 0.6 is 0 Å². The monoisotopic (exact) mass is 405 g/mol. The molecule has 0 aliphatic carbocycles. The zero-order chi connectivity index (χ0) is 20.4. The topological polar surface area (TPSA) is 46.1 Å². The zero-order valence-electron chi connectivity index (χ0n) is 15.9. The third-order valence-corrected chi connectivity index (χ3v) is 5.29. The summed E-state index contributed by atoms with van der Waals surface area (Å²) in [6, 6.07) is 14.3. The Morgan fingerprint density at radius 3 is 2.62 bits per heavy atom. The highest BCUT2D eigenvalue weighted by Crippen LogP contribution is 2.39. The average molecular weight is 405 g/mol. The Kier molecular flexibility index (Phi) is 5.47. The molecule has 0 unspecified atom stereocenters. The number of methoxy groups -OCH3 is 1. The van der Waals surface area contributed by atoms with Crippen molar-refractivity contribution in [3.63, 3.8) is 0 Å². The van der Waals surface area contributed by atoms with Crippen LogP contribution in [-0.2, 0) is 4.74 Å². The Morgan fingerprint density at radius 2 is 1.86 bits per heavy atom. The quantitative estimate of drug-likeness (QED) is 0.758. The van der Waals surface area contributed by atoms with Gasteiger partial charge < -0.3 is 14.8 Å². The first-order valence-corrected chi connectivity index (χ1v) is 9.40. The van der Waals surface area contributed by atoms with Crippen LogP contribution in [0.2, 0.25) is 0 Å². The molecule has 0 aromatic heterocycles. The number of hydrogen-bond donors (Lipinski definition) is 1. The molecule has 2 aromatic carbocycles. The van der Waals surface area contributed by atoms with Gasteiger partial charge in [-0.05, 0) is 18.2 Å². The van der Waals surface area contributed by atoms with Crippen molar-refractivity contribution in [3.8, 4) is 5.75 Å². The number of alkyl halides is 3. The van der Waals surface area contributed by atoms with E-state index in [1.807, 2.05) is 24.3 Å². The molecule has 2 atom stereocenters. The highest BCUT2D eigenvalue weighted by molar-refractivity contribution is 5.75. The summed E-state index contributed by atoms with van der Waals surface area (Å²) in [6.45, 7) is 2.07. The predicted octanol–water partition coefficient (Wildman–Crippen LogP) is 4.20. The molecule has 0 amide bonds. The Hall–Kier alpha value is -2.58. The van der Waals surface area contributed by atoms with Gasteiger partial charge in [-0.3, -0.25) is 4.90 Å². The van der Waals surface area contributed by atoms with E-state index in [0.717, 1.165) is 24.4 Å². The van der Waals surface area contributed by atoms with E-state index in [1.54, 1.807) is 31.4 Å². The first-order valence-electron chi connectivity index (χ1n) is 9.40. The van der Waals surface area contributed by atoms with E-state index in [2.05, 4.69) is 15.2 Å². The number of halogens is 3. The van der Waals surface area contributed by atoms with Crippen molar-refractivity contribution in [3.05, 3.63) is 54.1 Å². The molecule has 0 spiro atoms. The van der Waals surface area contributed by atoms with Gasteiger partial charge in [0.1, 0.15) is 18.6 Å². The number of aliphatic imine (C=N–C) groups is 1. The number of nitrogens with zero attached hydrogens (tertiary/aromatic N) is 2. The highest BCUT2D eigenvalue weighted by Gasteiger charge is 2.41. The Morgan fingerprint density at radius 1 is 1.14 bits per heavy atom. The fourth-order valence-corrected chi connectivity index (χ4v) is 3.75. The number of fused-ring (bicyclic) bond motifs is 1. The van der Waals surface area contributed by atoms with Crippen molar-refractivity contribution >= 4 is 17.6 Å². The molecule has 1 saturated heterocycles. The molecule has 0 bridgehead atoms. The SMILES string of the molecule is COC1CN([C@H]2COc3ccccc3[C@@H]2Nc2ccccc2N=CC(F)(F)F)C1. The van der Waals surface area contributed by atoms with Gasteiger partial charge in [-0.2, -0.15) is 13.2 Å². The van der Waals surface area contributed by atoms with Crippen molar-refractivity contribution in [1.29, 1.82) is 0 Å². The van der Waals surface area contributed by atoms with Gasteiger partial charge in [0.2, 0.25) is 0 Å². The van der Waals surface area contributed by atoms with Crippen LogP contribution in [0.15, 0.2) is 53.5 Å². The van der Waals surface area contributed by atoms with E-state index in [4.69, 9.17) is 9.47 Å². The summed E-state index contributed by atoms with van der Waals surface area (Å²) >= 11 is 0. The molecule has 5 nitrogen and oxygen atoms in total. The van der Waals surface area contributed by atoms with Crippen LogP contribution in [0.3, 0.4) is 0 Å². The van der Waals surface area contributed by atoms with E-state index in [-0.39, 0.29) is 30.1 Å². The molecular weight excluding hydrogens is 383 g/mol. The number of nitrogens with one attached hydrogen (secondary N) is 1. The largest absolute Gasteiger partial charge is 0.491 e. The van der Waals surface area contributed by atoms with Gasteiger partial charge in [0.25, 0.3) is 0 Å². The van der Waals surface area contributed by atoms with E-state index in [1.165, 1.54) is 0 Å². The third kappa shape index (κ3) is 4.38. The van der Waals surface area contributed by atoms with Gasteiger partial charge in [-0.1, -0.05) is 30.3 Å². The van der Waals surface area contributed by atoms with Crippen LogP contribution in [0.5, 0.6) is 5.75 Å². The fraction of sp³-hybridized carbons (Fsp3) is 0.381. The maximum atomic E-state index is 12.6. The number of anilines is 1. The van der Waals surface area contributed by atoms with Crippen molar-refractivity contribution in [1.82, 2.24) is 4.90 Å². The van der Waals surface area contributed by atoms with Gasteiger partial charge in [0.15, 0.2) is 0 Å². The summed E-state index contributed by atoms with van der Waals surface area (Å²) in [6.07, 6.45) is -4.26. The minimum absolute atomic E-state index is 0.0154. The lowest BCUT2D eigenvalue weighted by molar-refractivity contribution is -0.0654. The second kappa shape index (κ2) is 8.04. The van der Waals surface area contributed by atoms with Gasteiger partial charge >= 0.3 is 6.18 Å². The summed E-state index contributed by atoms with van der Waals surface area (Å²) in [4.78, 5) is 5.92. The minimum Gasteiger partial charge on any atom is -0.491 e. The fourth-order valence-electron chi connectivity index (χ4n) is 3.75. The lowest BCUT2D eigenvalue weighted by Gasteiger charge is -2.48. The zero-order valence-corrected chi connectivity index (χ0v) is 15.9. The molecule has 2 heterocycles. The van der Waals surface area contributed by atoms with E-state index < -0.39 is 6.18 Å². The molecule has 2 aliphatic rings. The molecule has 2 aromatic rings. The second-order valence-corrected chi connectivity index (χ2v) is 7.17. The van der Waals surface area contributed by atoms with E-state index in [0.29, 0.717) is 12.3 Å². The summed E-state index contributed by atoms with van der Waals surface area (Å²) in [5, 5.41) is 3.43. The number of rotatable bonds is 5. The molecular formula is C21H22F3N3O2. The van der Waals surface area contributed by atoms with Crippen molar-refractivity contribution in [2.45, 2.75) is 24.4 Å². The standard InChI is InChI=1S/C21H22F3N3O2/c1-28-14-10-27(11-14)18-12-29-19-9-5-2-6-15(19)20(18)26-17-8-4-3-7-16(17)25-13-21(22,23)24/h2-9,13-14,18,20,26H,10-12H2,1H3/t18-,20-/m0/s1. The van der Waals surface area contributed by atoms with Crippen molar-refractivity contribution in [2.75, 3.05) is 32.1 Å². The Bertz CT molecular complexity index is 881. The van der Waals surface area contributed by atoms with E-state index in [9.17, 15) is 13.2 Å². The maximum Gasteiger partial charge on any atom is 0.426 e. The maximum absolute atomic E-state index is 12.6. The van der Waals surface area contributed by atoms with E-state index >= 15 is 0 Å². The summed E-state index contributed by atoms with van der Waals surface area (Å²) < 4.78 is 49.2. The van der Waals surface area contributed by atoms with Crippen LogP contribution in [0.1, 0.15) is 11.6 Å². The first kappa shape index (κ1) is 19.7. The molecule has 0 radical (unpaired) electrons. The predicted molar refractivity (Wildman–Crippen MR) is 105 cm³/mol. The average Bonchev–Trinajstić information content (AvgIpc) is 2.67. The normalized spacial score (nSPS) is 22.8. The van der Waals surface area contributed by atoms with Gasteiger partial charge in [0.05, 0.1) is 29.6 Å². The van der Waals surface area contributed by atoms with Crippen molar-refractivity contribution < 1.29 is 22.6 Å². The number of ether oxygens (including phenoxy) is 2. The molecule has 1 fully saturated rings. The first-order chi connectivity index (χ1) is 13.9. The molecule has 8 heteroatoms. The van der Waals surface area contributed by atoms with Gasteiger partial charge in [0, 0.05) is 25.8 Å². The van der Waals surface area contributed by atoms with Crippen LogP contribution < -0.4 is 10.1 Å². The lowest BCUT2D eigenvalue weighted by Crippen LogP contribution is -2.60. The van der Waals surface area contributed by atoms with Gasteiger partial charge in [-0.25, -0.2) is 4.99 Å². The molecule has 154 valence electrons. The van der Waals surface area contributed by atoms with Crippen LogP contribution in [0.4, 0.5) is 24.5 Å². The highest BCUT2D eigenvalue weighted by atomic mass is 19.4. The van der Waals surface area contributed by atoms with Crippen molar-refractivity contribution in [2.24, 2.45) is 4.99 Å². The minimum atomic E-state index is -4.46. The summed E-state index contributed by atoms with van der Waals surface area (Å²) in [5.41, 5.74) is 1.76. The number of hydrogen-bond acceptors (Lipinski definition) is 5. The number of benzene rings is 2. The number of para-hydroxylation sites is 3. The summed E-state index contributed by atoms with van der Waals surface area (Å²) in [5.74, 6) is 0.779. The van der Waals surface area contributed by atoms with Crippen LogP contribution in [0, 0.1) is 0 Å². The van der Waals surface area contributed by atoms with Gasteiger partial charge in [-0.15, -0.1) is 0 Å². The Labute approximate surface area is 167 Å². The molecule has 29 heavy (non-hydrogen) atoms. The number of likely N-dealkylation sites (tertiary alicyclic amines) is 1. The van der Waals surface area contributed by atoms with Crippen LogP contribution in [0.25, 0.3) is 0 Å². The Balaban J connectivity index is 1.63. The molecule has 0 saturated carbocycles.